The van der Waals surface area contributed by atoms with E-state index < -0.39 is 0 Å². The minimum Gasteiger partial charge on any atom is -0.456 e. The summed E-state index contributed by atoms with van der Waals surface area (Å²) in [5, 5.41) is 6.13. The topological polar surface area (TPSA) is 16.4 Å². The summed E-state index contributed by atoms with van der Waals surface area (Å²) in [6.07, 6.45) is 0. The quantitative estimate of drug-likeness (QED) is 0.154. The number of rotatable bonds is 7. The van der Waals surface area contributed by atoms with Crippen LogP contribution in [-0.4, -0.2) is 0 Å². The Morgan fingerprint density at radius 2 is 0.945 bits per heavy atom. The van der Waals surface area contributed by atoms with Crippen molar-refractivity contribution >= 4 is 49.6 Å². The van der Waals surface area contributed by atoms with Gasteiger partial charge in [0.1, 0.15) is 11.3 Å². The van der Waals surface area contributed by atoms with E-state index in [0.717, 1.165) is 56.0 Å². The van der Waals surface area contributed by atoms with Gasteiger partial charge < -0.3 is 9.32 Å². The maximum absolute atomic E-state index is 6.35. The molecule has 0 aliphatic rings. The third-order valence-electron chi connectivity index (χ3n) is 10.9. The largest absolute Gasteiger partial charge is 0.456 e. The van der Waals surface area contributed by atoms with Crippen molar-refractivity contribution in [1.82, 2.24) is 0 Å². The number of benzene rings is 9. The second kappa shape index (κ2) is 13.7. The van der Waals surface area contributed by atoms with Crippen molar-refractivity contribution in [3.05, 3.63) is 212 Å². The highest BCUT2D eigenvalue weighted by molar-refractivity contribution is 6.08. The average molecular weight is 704 g/mol. The molecule has 1 aromatic heterocycles. The first kappa shape index (κ1) is 32.5. The predicted molar refractivity (Wildman–Crippen MR) is 232 cm³/mol. The van der Waals surface area contributed by atoms with E-state index >= 15 is 0 Å². The summed E-state index contributed by atoms with van der Waals surface area (Å²) in [6.45, 7) is 2.14. The molecule has 2 heteroatoms. The first-order valence-corrected chi connectivity index (χ1v) is 18.8. The molecule has 0 saturated heterocycles. The van der Waals surface area contributed by atoms with E-state index in [1.165, 1.54) is 43.8 Å². The van der Waals surface area contributed by atoms with Crippen LogP contribution in [0.15, 0.2) is 211 Å². The zero-order chi connectivity index (χ0) is 36.7. The molecule has 0 unspecified atom stereocenters. The van der Waals surface area contributed by atoms with Crippen molar-refractivity contribution in [3.63, 3.8) is 0 Å². The van der Waals surface area contributed by atoms with Gasteiger partial charge in [0.05, 0.1) is 5.69 Å². The fraction of sp³-hybridized carbons (Fsp3) is 0.0189. The molecule has 0 aliphatic heterocycles. The maximum Gasteiger partial charge on any atom is 0.138 e. The molecule has 260 valence electrons. The second-order valence-corrected chi connectivity index (χ2v) is 14.2. The highest BCUT2D eigenvalue weighted by Gasteiger charge is 2.19. The SMILES string of the molecule is Cc1c(-c2cccc(-c3ccc(N(c4ccc5c(ccc6ccccc65)c4)c4ccccc4-c4ccc(-c5ccccc5)cc4)cc3)c2)oc2ccccc12. The third-order valence-corrected chi connectivity index (χ3v) is 10.9. The summed E-state index contributed by atoms with van der Waals surface area (Å²) < 4.78 is 6.35. The maximum atomic E-state index is 6.35. The van der Waals surface area contributed by atoms with E-state index in [9.17, 15) is 0 Å². The first-order chi connectivity index (χ1) is 27.2. The molecular weight excluding hydrogens is 667 g/mol. The number of hydrogen-bond donors (Lipinski definition) is 0. The molecule has 0 saturated carbocycles. The average Bonchev–Trinajstić information content (AvgIpc) is 3.60. The van der Waals surface area contributed by atoms with Gasteiger partial charge in [0.15, 0.2) is 0 Å². The summed E-state index contributed by atoms with van der Waals surface area (Å²) in [5.74, 6) is 0.920. The lowest BCUT2D eigenvalue weighted by Crippen LogP contribution is -2.11. The van der Waals surface area contributed by atoms with Crippen LogP contribution in [0.3, 0.4) is 0 Å². The number of para-hydroxylation sites is 2. The number of nitrogens with zero attached hydrogens (tertiary/aromatic N) is 1. The molecule has 9 aromatic carbocycles. The molecule has 0 fully saturated rings. The number of hydrogen-bond acceptors (Lipinski definition) is 2. The third kappa shape index (κ3) is 5.95. The molecule has 2 nitrogen and oxygen atoms in total. The molecule has 0 spiro atoms. The van der Waals surface area contributed by atoms with Gasteiger partial charge in [-0.25, -0.2) is 0 Å². The Balaban J connectivity index is 1.08. The van der Waals surface area contributed by atoms with Crippen molar-refractivity contribution in [2.75, 3.05) is 4.90 Å². The van der Waals surface area contributed by atoms with Gasteiger partial charge in [-0.3, -0.25) is 0 Å². The lowest BCUT2D eigenvalue weighted by Gasteiger charge is -2.28. The van der Waals surface area contributed by atoms with Crippen LogP contribution in [-0.2, 0) is 0 Å². The Morgan fingerprint density at radius 3 is 1.78 bits per heavy atom. The van der Waals surface area contributed by atoms with E-state index in [2.05, 4.69) is 206 Å². The van der Waals surface area contributed by atoms with Crippen molar-refractivity contribution < 1.29 is 4.42 Å². The Hall–Kier alpha value is -7.16. The van der Waals surface area contributed by atoms with Crippen molar-refractivity contribution in [1.29, 1.82) is 0 Å². The molecular formula is C53H37NO. The van der Waals surface area contributed by atoms with E-state index in [4.69, 9.17) is 4.42 Å². The lowest BCUT2D eigenvalue weighted by molar-refractivity contribution is 0.629. The fourth-order valence-electron chi connectivity index (χ4n) is 8.05. The van der Waals surface area contributed by atoms with Gasteiger partial charge in [-0.15, -0.1) is 0 Å². The number of fused-ring (bicyclic) bond motifs is 4. The molecule has 0 aliphatic carbocycles. The Kier molecular flexibility index (Phi) is 8.08. The van der Waals surface area contributed by atoms with E-state index in [1.807, 2.05) is 12.1 Å². The summed E-state index contributed by atoms with van der Waals surface area (Å²) in [7, 11) is 0. The summed E-state index contributed by atoms with van der Waals surface area (Å²) in [6, 6.07) is 74.1. The van der Waals surface area contributed by atoms with Crippen molar-refractivity contribution in [2.45, 2.75) is 6.92 Å². The molecule has 1 heterocycles. The Bertz CT molecular complexity index is 2970. The second-order valence-electron chi connectivity index (χ2n) is 14.2. The molecule has 0 atom stereocenters. The standard InChI is InChI=1S/C53H37NO/c1-36-47-17-8-10-21-52(47)55-53(36)44-16-11-15-42(34-44)39-28-30-45(31-29-39)54(46-32-33-49-43(35-46)27-26-40-14-5-6-18-48(40)49)51-20-9-7-19-50(51)41-24-22-38(23-25-41)37-12-3-2-4-13-37/h2-35H,1H3. The summed E-state index contributed by atoms with van der Waals surface area (Å²) in [5.41, 5.74) is 13.5. The molecule has 10 rings (SSSR count). The zero-order valence-electron chi connectivity index (χ0n) is 30.5. The number of furan rings is 1. The van der Waals surface area contributed by atoms with Gasteiger partial charge in [-0.2, -0.15) is 0 Å². The molecule has 0 amide bonds. The zero-order valence-corrected chi connectivity index (χ0v) is 30.5. The van der Waals surface area contributed by atoms with Crippen LogP contribution in [0.25, 0.3) is 77.2 Å². The number of anilines is 3. The Labute approximate surface area is 321 Å². The van der Waals surface area contributed by atoms with Crippen molar-refractivity contribution in [2.24, 2.45) is 0 Å². The van der Waals surface area contributed by atoms with Crippen LogP contribution in [0, 0.1) is 6.92 Å². The monoisotopic (exact) mass is 703 g/mol. The number of aryl methyl sites for hydroxylation is 1. The van der Waals surface area contributed by atoms with Gasteiger partial charge in [-0.1, -0.05) is 164 Å². The molecule has 10 aromatic rings. The minimum atomic E-state index is 0.916. The first-order valence-electron chi connectivity index (χ1n) is 18.8. The molecule has 0 radical (unpaired) electrons. The van der Waals surface area contributed by atoms with E-state index in [1.54, 1.807) is 0 Å². The van der Waals surface area contributed by atoms with Crippen LogP contribution in [0.5, 0.6) is 0 Å². The van der Waals surface area contributed by atoms with Gasteiger partial charge in [-0.05, 0) is 98.8 Å². The highest BCUT2D eigenvalue weighted by atomic mass is 16.3. The van der Waals surface area contributed by atoms with Gasteiger partial charge in [0.25, 0.3) is 0 Å². The van der Waals surface area contributed by atoms with Crippen LogP contribution < -0.4 is 4.90 Å². The van der Waals surface area contributed by atoms with E-state index in [0.29, 0.717) is 0 Å². The van der Waals surface area contributed by atoms with Gasteiger partial charge in [0, 0.05) is 33.5 Å². The van der Waals surface area contributed by atoms with Gasteiger partial charge >= 0.3 is 0 Å². The Morgan fingerprint density at radius 1 is 0.364 bits per heavy atom. The normalized spacial score (nSPS) is 11.4. The van der Waals surface area contributed by atoms with Gasteiger partial charge in [0.2, 0.25) is 0 Å². The van der Waals surface area contributed by atoms with E-state index in [-0.39, 0.29) is 0 Å². The molecule has 55 heavy (non-hydrogen) atoms. The molecule has 0 bridgehead atoms. The predicted octanol–water partition coefficient (Wildman–Crippen LogP) is 15.2. The summed E-state index contributed by atoms with van der Waals surface area (Å²) >= 11 is 0. The fourth-order valence-corrected chi connectivity index (χ4v) is 8.05. The smallest absolute Gasteiger partial charge is 0.138 e. The van der Waals surface area contributed by atoms with Crippen LogP contribution in [0.1, 0.15) is 5.56 Å². The van der Waals surface area contributed by atoms with Crippen molar-refractivity contribution in [3.8, 4) is 44.7 Å². The van der Waals surface area contributed by atoms with Crippen LogP contribution >= 0.6 is 0 Å². The highest BCUT2D eigenvalue weighted by Crippen LogP contribution is 2.43. The molecule has 0 N–H and O–H groups in total. The lowest BCUT2D eigenvalue weighted by atomic mass is 9.97. The minimum absolute atomic E-state index is 0.916. The van der Waals surface area contributed by atoms with Crippen LogP contribution in [0.4, 0.5) is 17.1 Å². The summed E-state index contributed by atoms with van der Waals surface area (Å²) in [4.78, 5) is 2.40. The van der Waals surface area contributed by atoms with Crippen LogP contribution in [0.2, 0.25) is 0 Å².